The highest BCUT2D eigenvalue weighted by Gasteiger charge is 2.30. The Balaban J connectivity index is 2.55. The molecule has 0 heterocycles. The first-order valence-electron chi connectivity index (χ1n) is 5.55. The third-order valence-electron chi connectivity index (χ3n) is 2.41. The van der Waals surface area contributed by atoms with Crippen LogP contribution in [0.4, 0.5) is 0 Å². The fourth-order valence-electron chi connectivity index (χ4n) is 1.28. The standard InChI is InChI=1S/C9H20N4O3S/c1-16-7-6-13(5-4-9(10)11)17(14,15)12-8-2-3-8/h8,12H,2-7H2,1H3,(H3,10,11). The molecule has 0 saturated heterocycles. The van der Waals surface area contributed by atoms with Crippen molar-refractivity contribution in [3.05, 3.63) is 0 Å². The highest BCUT2D eigenvalue weighted by molar-refractivity contribution is 7.87. The van der Waals surface area contributed by atoms with E-state index in [-0.39, 0.29) is 31.4 Å². The highest BCUT2D eigenvalue weighted by Crippen LogP contribution is 2.20. The van der Waals surface area contributed by atoms with E-state index in [1.807, 2.05) is 0 Å². The summed E-state index contributed by atoms with van der Waals surface area (Å²) in [6.45, 7) is 0.802. The number of hydrogen-bond acceptors (Lipinski definition) is 4. The van der Waals surface area contributed by atoms with Crippen molar-refractivity contribution < 1.29 is 13.2 Å². The number of amidine groups is 1. The Kier molecular flexibility index (Phi) is 5.31. The van der Waals surface area contributed by atoms with Crippen LogP contribution in [0.15, 0.2) is 0 Å². The van der Waals surface area contributed by atoms with Crippen LogP contribution in [0.25, 0.3) is 0 Å². The topological polar surface area (TPSA) is 109 Å². The summed E-state index contributed by atoms with van der Waals surface area (Å²) in [5.74, 6) is -0.0194. The number of nitrogens with two attached hydrogens (primary N) is 1. The zero-order valence-corrected chi connectivity index (χ0v) is 10.8. The molecule has 1 fully saturated rings. The Morgan fingerprint density at radius 2 is 2.18 bits per heavy atom. The van der Waals surface area contributed by atoms with E-state index in [4.69, 9.17) is 15.9 Å². The molecule has 100 valence electrons. The van der Waals surface area contributed by atoms with E-state index in [9.17, 15) is 8.42 Å². The molecule has 0 aromatic rings. The largest absolute Gasteiger partial charge is 0.388 e. The third-order valence-corrected chi connectivity index (χ3v) is 4.08. The molecule has 7 nitrogen and oxygen atoms in total. The van der Waals surface area contributed by atoms with Crippen LogP contribution < -0.4 is 10.5 Å². The van der Waals surface area contributed by atoms with Crippen LogP contribution in [0, 0.1) is 5.41 Å². The van der Waals surface area contributed by atoms with Gasteiger partial charge >= 0.3 is 0 Å². The molecule has 0 aliphatic heterocycles. The second-order valence-corrected chi connectivity index (χ2v) is 5.77. The lowest BCUT2D eigenvalue weighted by Crippen LogP contribution is -2.44. The number of rotatable bonds is 9. The lowest BCUT2D eigenvalue weighted by molar-refractivity contribution is 0.179. The number of nitrogens with zero attached hydrogens (tertiary/aromatic N) is 1. The minimum absolute atomic E-state index is 0.0194. The summed E-state index contributed by atoms with van der Waals surface area (Å²) in [6.07, 6.45) is 2.02. The van der Waals surface area contributed by atoms with Crippen LogP contribution in [0.1, 0.15) is 19.3 Å². The summed E-state index contributed by atoms with van der Waals surface area (Å²) >= 11 is 0. The highest BCUT2D eigenvalue weighted by atomic mass is 32.2. The second-order valence-electron chi connectivity index (χ2n) is 4.06. The molecule has 0 spiro atoms. The molecule has 8 heteroatoms. The molecule has 0 aromatic carbocycles. The van der Waals surface area contributed by atoms with Crippen LogP contribution in [-0.2, 0) is 14.9 Å². The molecule has 1 saturated carbocycles. The number of nitrogens with one attached hydrogen (secondary N) is 2. The smallest absolute Gasteiger partial charge is 0.279 e. The van der Waals surface area contributed by atoms with Gasteiger partial charge in [0.25, 0.3) is 10.2 Å². The van der Waals surface area contributed by atoms with Gasteiger partial charge in [0, 0.05) is 32.7 Å². The normalized spacial score (nSPS) is 16.4. The summed E-state index contributed by atoms with van der Waals surface area (Å²) < 4.78 is 32.6. The number of ether oxygens (including phenoxy) is 1. The van der Waals surface area contributed by atoms with Gasteiger partial charge in [-0.1, -0.05) is 0 Å². The van der Waals surface area contributed by atoms with Crippen LogP contribution in [0.2, 0.25) is 0 Å². The van der Waals surface area contributed by atoms with Gasteiger partial charge in [-0.25, -0.2) is 0 Å². The maximum absolute atomic E-state index is 11.9. The summed E-state index contributed by atoms with van der Waals surface area (Å²) in [5.41, 5.74) is 5.24. The Morgan fingerprint density at radius 1 is 1.53 bits per heavy atom. The number of hydrogen-bond donors (Lipinski definition) is 3. The molecule has 1 rings (SSSR count). The van der Waals surface area contributed by atoms with Gasteiger partial charge in [0.1, 0.15) is 0 Å². The molecule has 1 aliphatic carbocycles. The van der Waals surface area contributed by atoms with E-state index < -0.39 is 10.2 Å². The molecule has 0 atom stereocenters. The fraction of sp³-hybridized carbons (Fsp3) is 0.889. The lowest BCUT2D eigenvalue weighted by Gasteiger charge is -2.21. The maximum Gasteiger partial charge on any atom is 0.279 e. The van der Waals surface area contributed by atoms with Gasteiger partial charge in [0.05, 0.1) is 12.4 Å². The Labute approximate surface area is 102 Å². The van der Waals surface area contributed by atoms with Gasteiger partial charge in [-0.3, -0.25) is 5.41 Å². The first-order valence-corrected chi connectivity index (χ1v) is 6.99. The molecule has 0 radical (unpaired) electrons. The van der Waals surface area contributed by atoms with Crippen molar-refractivity contribution in [1.29, 1.82) is 5.41 Å². The maximum atomic E-state index is 11.9. The molecule has 0 amide bonds. The third kappa shape index (κ3) is 5.44. The van der Waals surface area contributed by atoms with E-state index >= 15 is 0 Å². The molecule has 4 N–H and O–H groups in total. The van der Waals surface area contributed by atoms with Gasteiger partial charge in [-0.15, -0.1) is 0 Å². The SMILES string of the molecule is COCCN(CCC(=N)N)S(=O)(=O)NC1CC1. The summed E-state index contributed by atoms with van der Waals surface area (Å²) in [5, 5.41) is 7.13. The average molecular weight is 264 g/mol. The summed E-state index contributed by atoms with van der Waals surface area (Å²) in [7, 11) is -1.96. The molecule has 17 heavy (non-hydrogen) atoms. The minimum atomic E-state index is -3.48. The average Bonchev–Trinajstić information content (AvgIpc) is 3.00. The quantitative estimate of drug-likeness (QED) is 0.376. The number of methoxy groups -OCH3 is 1. The van der Waals surface area contributed by atoms with Crippen molar-refractivity contribution >= 4 is 16.0 Å². The molecular formula is C9H20N4O3S. The van der Waals surface area contributed by atoms with Gasteiger partial charge in [0.15, 0.2) is 0 Å². The summed E-state index contributed by atoms with van der Waals surface area (Å²) in [4.78, 5) is 0. The summed E-state index contributed by atoms with van der Waals surface area (Å²) in [6, 6.07) is 0.0716. The molecule has 0 aromatic heterocycles. The van der Waals surface area contributed by atoms with Crippen molar-refractivity contribution in [2.75, 3.05) is 26.8 Å². The van der Waals surface area contributed by atoms with Crippen molar-refractivity contribution in [3.63, 3.8) is 0 Å². The van der Waals surface area contributed by atoms with Gasteiger partial charge in [-0.05, 0) is 12.8 Å². The molecular weight excluding hydrogens is 244 g/mol. The van der Waals surface area contributed by atoms with Crippen LogP contribution >= 0.6 is 0 Å². The minimum Gasteiger partial charge on any atom is -0.388 e. The zero-order chi connectivity index (χ0) is 12.9. The van der Waals surface area contributed by atoms with Crippen molar-refractivity contribution in [2.24, 2.45) is 5.73 Å². The molecule has 0 bridgehead atoms. The molecule has 0 unspecified atom stereocenters. The zero-order valence-electron chi connectivity index (χ0n) is 9.98. The second kappa shape index (κ2) is 6.29. The van der Waals surface area contributed by atoms with E-state index in [1.54, 1.807) is 0 Å². The van der Waals surface area contributed by atoms with Gasteiger partial charge in [0.2, 0.25) is 0 Å². The fourth-order valence-corrected chi connectivity index (χ4v) is 2.73. The first kappa shape index (κ1) is 14.4. The van der Waals surface area contributed by atoms with E-state index in [1.165, 1.54) is 11.4 Å². The van der Waals surface area contributed by atoms with Crippen LogP contribution in [0.3, 0.4) is 0 Å². The van der Waals surface area contributed by atoms with E-state index in [2.05, 4.69) is 4.72 Å². The lowest BCUT2D eigenvalue weighted by atomic mass is 10.4. The van der Waals surface area contributed by atoms with Crippen LogP contribution in [-0.4, -0.2) is 51.4 Å². The van der Waals surface area contributed by atoms with Gasteiger partial charge in [-0.2, -0.15) is 17.4 Å². The van der Waals surface area contributed by atoms with Crippen molar-refractivity contribution in [2.45, 2.75) is 25.3 Å². The first-order chi connectivity index (χ1) is 7.95. The van der Waals surface area contributed by atoms with E-state index in [0.717, 1.165) is 12.8 Å². The Hall–Kier alpha value is -0.700. The Morgan fingerprint density at radius 3 is 2.65 bits per heavy atom. The predicted molar refractivity (Wildman–Crippen MR) is 65.1 cm³/mol. The van der Waals surface area contributed by atoms with Crippen molar-refractivity contribution in [3.8, 4) is 0 Å². The monoisotopic (exact) mass is 264 g/mol. The van der Waals surface area contributed by atoms with Crippen molar-refractivity contribution in [1.82, 2.24) is 9.03 Å². The predicted octanol–water partition coefficient (Wildman–Crippen LogP) is -0.742. The molecule has 1 aliphatic rings. The van der Waals surface area contributed by atoms with E-state index in [0.29, 0.717) is 6.61 Å². The Bertz CT molecular complexity index is 353. The van der Waals surface area contributed by atoms with Crippen LogP contribution in [0.5, 0.6) is 0 Å². The van der Waals surface area contributed by atoms with Gasteiger partial charge < -0.3 is 10.5 Å².